The minimum absolute atomic E-state index is 0. The molecule has 0 unspecified atom stereocenters. The van der Waals surface area contributed by atoms with Crippen LogP contribution in [0.2, 0.25) is 10.0 Å². The maximum Gasteiger partial charge on any atom is 0.0595 e. The zero-order valence-electron chi connectivity index (χ0n) is 7.41. The van der Waals surface area contributed by atoms with Gasteiger partial charge in [-0.1, -0.05) is 29.3 Å². The molecule has 1 aromatic rings. The Hall–Kier alpha value is 0.01000. The van der Waals surface area contributed by atoms with Gasteiger partial charge in [-0.2, -0.15) is 0 Å². The van der Waals surface area contributed by atoms with Gasteiger partial charge in [0.05, 0.1) is 10.0 Å². The Morgan fingerprint density at radius 1 is 1.29 bits per heavy atom. The van der Waals surface area contributed by atoms with Crippen molar-refractivity contribution in [1.82, 2.24) is 0 Å². The topological polar surface area (TPSA) is 46.2 Å². The van der Waals surface area contributed by atoms with Crippen molar-refractivity contribution in [3.8, 4) is 0 Å². The summed E-state index contributed by atoms with van der Waals surface area (Å²) in [6.07, 6.45) is 0.526. The summed E-state index contributed by atoms with van der Waals surface area (Å²) in [5.41, 5.74) is 6.65. The first kappa shape index (κ1) is 14.0. The lowest BCUT2D eigenvalue weighted by molar-refractivity contribution is 0.276. The molecule has 0 amide bonds. The fourth-order valence-electron chi connectivity index (χ4n) is 1.05. The first-order valence-corrected chi connectivity index (χ1v) is 4.72. The molecule has 0 fully saturated rings. The second kappa shape index (κ2) is 6.49. The molecule has 0 bridgehead atoms. The van der Waals surface area contributed by atoms with Gasteiger partial charge in [-0.05, 0) is 24.1 Å². The van der Waals surface area contributed by atoms with Crippen molar-refractivity contribution in [2.75, 3.05) is 6.61 Å². The second-order valence-corrected chi connectivity index (χ2v) is 3.61. The highest BCUT2D eigenvalue weighted by molar-refractivity contribution is 6.42. The molecule has 14 heavy (non-hydrogen) atoms. The third-order valence-corrected chi connectivity index (χ3v) is 2.55. The molecule has 0 saturated carbocycles. The Kier molecular flexibility index (Phi) is 6.49. The van der Waals surface area contributed by atoms with Gasteiger partial charge in [0.25, 0.3) is 0 Å². The van der Waals surface area contributed by atoms with E-state index in [1.807, 2.05) is 6.07 Å². The number of hydrogen-bond donors (Lipinski definition) is 2. The van der Waals surface area contributed by atoms with Gasteiger partial charge >= 0.3 is 0 Å². The molecule has 1 atom stereocenters. The minimum atomic E-state index is -0.181. The van der Waals surface area contributed by atoms with Crippen LogP contribution in [0.15, 0.2) is 18.2 Å². The summed E-state index contributed by atoms with van der Waals surface area (Å²) in [4.78, 5) is 0. The Morgan fingerprint density at radius 2 is 1.93 bits per heavy atom. The molecule has 0 aliphatic heterocycles. The molecular weight excluding hydrogens is 244 g/mol. The van der Waals surface area contributed by atoms with Gasteiger partial charge < -0.3 is 10.8 Å². The van der Waals surface area contributed by atoms with E-state index < -0.39 is 0 Å². The van der Waals surface area contributed by atoms with Crippen molar-refractivity contribution in [2.24, 2.45) is 5.73 Å². The van der Waals surface area contributed by atoms with Crippen LogP contribution < -0.4 is 5.73 Å². The predicted molar refractivity (Wildman–Crippen MR) is 62.3 cm³/mol. The van der Waals surface area contributed by atoms with E-state index in [0.717, 1.165) is 5.56 Å². The molecule has 5 heteroatoms. The zero-order valence-corrected chi connectivity index (χ0v) is 9.74. The van der Waals surface area contributed by atoms with E-state index >= 15 is 0 Å². The van der Waals surface area contributed by atoms with Gasteiger partial charge in [-0.15, -0.1) is 12.4 Å². The minimum Gasteiger partial charge on any atom is -0.396 e. The zero-order chi connectivity index (χ0) is 9.84. The Bertz CT molecular complexity index is 293. The SMILES string of the molecule is Cl.N[C@H](CCO)c1ccc(Cl)c(Cl)c1. The highest BCUT2D eigenvalue weighted by atomic mass is 35.5. The third kappa shape index (κ3) is 3.64. The summed E-state index contributed by atoms with van der Waals surface area (Å²) in [5.74, 6) is 0. The molecule has 0 heterocycles. The number of nitrogens with two attached hydrogens (primary N) is 1. The highest BCUT2D eigenvalue weighted by Crippen LogP contribution is 2.25. The van der Waals surface area contributed by atoms with Crippen LogP contribution in [-0.2, 0) is 0 Å². The molecule has 1 rings (SSSR count). The second-order valence-electron chi connectivity index (χ2n) is 2.79. The lowest BCUT2D eigenvalue weighted by Gasteiger charge is -2.10. The van der Waals surface area contributed by atoms with E-state index in [2.05, 4.69) is 0 Å². The van der Waals surface area contributed by atoms with Crippen LogP contribution in [0.25, 0.3) is 0 Å². The van der Waals surface area contributed by atoms with Crippen molar-refractivity contribution in [3.05, 3.63) is 33.8 Å². The molecule has 80 valence electrons. The molecule has 0 saturated heterocycles. The van der Waals surface area contributed by atoms with Crippen molar-refractivity contribution in [2.45, 2.75) is 12.5 Å². The smallest absolute Gasteiger partial charge is 0.0595 e. The standard InChI is InChI=1S/C9H11Cl2NO.ClH/c10-7-2-1-6(5-8(7)11)9(12)3-4-13;/h1-2,5,9,13H,3-4,12H2;1H/t9-;/m1./s1. The monoisotopic (exact) mass is 255 g/mol. The Labute approximate surface area is 99.4 Å². The number of hydrogen-bond acceptors (Lipinski definition) is 2. The third-order valence-electron chi connectivity index (χ3n) is 1.81. The number of aliphatic hydroxyl groups excluding tert-OH is 1. The van der Waals surface area contributed by atoms with E-state index in [9.17, 15) is 0 Å². The average Bonchev–Trinajstić information content (AvgIpc) is 2.10. The molecular formula is C9H12Cl3NO. The summed E-state index contributed by atoms with van der Waals surface area (Å²) < 4.78 is 0. The first-order chi connectivity index (χ1) is 6.15. The molecule has 0 aliphatic carbocycles. The summed E-state index contributed by atoms with van der Waals surface area (Å²) in [6.45, 7) is 0.0708. The van der Waals surface area contributed by atoms with Gasteiger partial charge in [0.1, 0.15) is 0 Å². The molecule has 2 nitrogen and oxygen atoms in total. The Balaban J connectivity index is 0.00000169. The van der Waals surface area contributed by atoms with Crippen molar-refractivity contribution >= 4 is 35.6 Å². The molecule has 1 aromatic carbocycles. The number of rotatable bonds is 3. The highest BCUT2D eigenvalue weighted by Gasteiger charge is 2.06. The van der Waals surface area contributed by atoms with Crippen LogP contribution in [0.4, 0.5) is 0 Å². The summed E-state index contributed by atoms with van der Waals surface area (Å²) in [7, 11) is 0. The van der Waals surface area contributed by atoms with Crippen LogP contribution in [-0.4, -0.2) is 11.7 Å². The van der Waals surface area contributed by atoms with E-state index in [0.29, 0.717) is 16.5 Å². The fraction of sp³-hybridized carbons (Fsp3) is 0.333. The van der Waals surface area contributed by atoms with Gasteiger partial charge in [-0.25, -0.2) is 0 Å². The van der Waals surface area contributed by atoms with E-state index in [4.69, 9.17) is 34.0 Å². The summed E-state index contributed by atoms with van der Waals surface area (Å²) in [5, 5.41) is 9.69. The van der Waals surface area contributed by atoms with Crippen LogP contribution in [0.1, 0.15) is 18.0 Å². The lowest BCUT2D eigenvalue weighted by atomic mass is 10.1. The van der Waals surface area contributed by atoms with Crippen LogP contribution in [0.3, 0.4) is 0 Å². The van der Waals surface area contributed by atoms with Crippen LogP contribution in [0, 0.1) is 0 Å². The normalized spacial score (nSPS) is 12.0. The maximum absolute atomic E-state index is 8.68. The van der Waals surface area contributed by atoms with E-state index in [-0.39, 0.29) is 25.1 Å². The predicted octanol–water partition coefficient (Wildman–Crippen LogP) is 2.80. The molecule has 0 radical (unpaired) electrons. The Morgan fingerprint density at radius 3 is 2.43 bits per heavy atom. The van der Waals surface area contributed by atoms with Crippen LogP contribution in [0.5, 0.6) is 0 Å². The van der Waals surface area contributed by atoms with Gasteiger partial charge in [0.2, 0.25) is 0 Å². The van der Waals surface area contributed by atoms with Gasteiger partial charge in [0, 0.05) is 12.6 Å². The van der Waals surface area contributed by atoms with Crippen molar-refractivity contribution in [3.63, 3.8) is 0 Å². The first-order valence-electron chi connectivity index (χ1n) is 3.96. The molecule has 0 spiro atoms. The quantitative estimate of drug-likeness (QED) is 0.873. The number of aliphatic hydroxyl groups is 1. The van der Waals surface area contributed by atoms with E-state index in [1.165, 1.54) is 0 Å². The maximum atomic E-state index is 8.68. The van der Waals surface area contributed by atoms with Crippen molar-refractivity contribution < 1.29 is 5.11 Å². The molecule has 3 N–H and O–H groups in total. The molecule has 0 aromatic heterocycles. The average molecular weight is 257 g/mol. The molecule has 0 aliphatic rings. The van der Waals surface area contributed by atoms with Crippen LogP contribution >= 0.6 is 35.6 Å². The van der Waals surface area contributed by atoms with Gasteiger partial charge in [0.15, 0.2) is 0 Å². The largest absolute Gasteiger partial charge is 0.396 e. The van der Waals surface area contributed by atoms with Gasteiger partial charge in [-0.3, -0.25) is 0 Å². The fourth-order valence-corrected chi connectivity index (χ4v) is 1.36. The summed E-state index contributed by atoms with van der Waals surface area (Å²) >= 11 is 11.5. The lowest BCUT2D eigenvalue weighted by Crippen LogP contribution is -2.11. The number of halogens is 3. The number of benzene rings is 1. The van der Waals surface area contributed by atoms with E-state index in [1.54, 1.807) is 12.1 Å². The van der Waals surface area contributed by atoms with Crippen molar-refractivity contribution in [1.29, 1.82) is 0 Å². The summed E-state index contributed by atoms with van der Waals surface area (Å²) in [6, 6.07) is 5.06.